The molecule has 2 heterocycles. The Morgan fingerprint density at radius 1 is 1.00 bits per heavy atom. The Hall–Kier alpha value is -5.16. The minimum atomic E-state index is -1.41. The Kier molecular flexibility index (Phi) is 9.79. The summed E-state index contributed by atoms with van der Waals surface area (Å²) >= 11 is 3.40. The molecule has 0 saturated carbocycles. The van der Waals surface area contributed by atoms with Crippen LogP contribution in [0, 0.1) is 0 Å². The van der Waals surface area contributed by atoms with Gasteiger partial charge in [-0.25, -0.2) is 14.5 Å². The Morgan fingerprint density at radius 3 is 2.38 bits per heavy atom. The first-order valence-electron chi connectivity index (χ1n) is 14.1. The number of hydrogen-bond donors (Lipinski definition) is 2. The van der Waals surface area contributed by atoms with Gasteiger partial charge in [0.25, 0.3) is 5.91 Å². The van der Waals surface area contributed by atoms with Gasteiger partial charge in [0.05, 0.1) is 5.69 Å². The number of pyridine rings is 1. The van der Waals surface area contributed by atoms with E-state index in [9.17, 15) is 24.3 Å². The number of benzene rings is 3. The van der Waals surface area contributed by atoms with E-state index in [4.69, 9.17) is 4.74 Å². The smallest absolute Gasteiger partial charge is 0.417 e. The number of imide groups is 1. The number of rotatable bonds is 10. The maximum atomic E-state index is 13.8. The van der Waals surface area contributed by atoms with Gasteiger partial charge in [-0.15, -0.1) is 0 Å². The van der Waals surface area contributed by atoms with Gasteiger partial charge in [-0.1, -0.05) is 82.7 Å². The van der Waals surface area contributed by atoms with E-state index in [1.165, 1.54) is 6.20 Å². The summed E-state index contributed by atoms with van der Waals surface area (Å²) < 4.78 is 6.01. The number of aliphatic imine (C=N–C) groups is 1. The van der Waals surface area contributed by atoms with E-state index in [0.29, 0.717) is 22.5 Å². The topological polar surface area (TPSA) is 138 Å². The van der Waals surface area contributed by atoms with Crippen molar-refractivity contribution in [2.75, 3.05) is 11.9 Å². The molecule has 1 aliphatic heterocycles. The third-order valence-electron chi connectivity index (χ3n) is 7.45. The van der Waals surface area contributed by atoms with Gasteiger partial charge in [0.15, 0.2) is 6.04 Å². The summed E-state index contributed by atoms with van der Waals surface area (Å²) in [6.07, 6.45) is 0.400. The van der Waals surface area contributed by atoms with Crippen LogP contribution in [-0.2, 0) is 14.3 Å². The highest BCUT2D eigenvalue weighted by Crippen LogP contribution is 2.34. The number of amides is 3. The molecule has 228 valence electrons. The van der Waals surface area contributed by atoms with Crippen molar-refractivity contribution >= 4 is 51.2 Å². The van der Waals surface area contributed by atoms with E-state index >= 15 is 0 Å². The number of carbonyl (C=O) groups excluding carboxylic acids is 3. The molecule has 1 fully saturated rings. The van der Waals surface area contributed by atoms with Gasteiger partial charge in [-0.3, -0.25) is 19.6 Å². The quantitative estimate of drug-likeness (QED) is 0.190. The molecule has 0 aliphatic carbocycles. The number of ether oxygens (including phenoxy) is 1. The molecular formula is C34H29BrN4O6. The third kappa shape index (κ3) is 7.32. The van der Waals surface area contributed by atoms with Crippen LogP contribution in [-0.4, -0.2) is 57.2 Å². The molecule has 2 N–H and O–H groups in total. The number of para-hydroxylation sites is 1. The van der Waals surface area contributed by atoms with Crippen LogP contribution < -0.4 is 5.32 Å². The predicted molar refractivity (Wildman–Crippen MR) is 171 cm³/mol. The van der Waals surface area contributed by atoms with Gasteiger partial charge in [-0.05, 0) is 48.4 Å². The average molecular weight is 670 g/mol. The monoisotopic (exact) mass is 668 g/mol. The zero-order valence-corrected chi connectivity index (χ0v) is 25.8. The number of aromatic nitrogens is 1. The number of nitrogens with zero attached hydrogens (tertiary/aromatic N) is 3. The number of nitrogens with one attached hydrogen (secondary N) is 1. The summed E-state index contributed by atoms with van der Waals surface area (Å²) in [6, 6.07) is 25.8. The second-order valence-electron chi connectivity index (χ2n) is 10.3. The maximum Gasteiger partial charge on any atom is 0.417 e. The first-order chi connectivity index (χ1) is 21.7. The molecule has 1 aliphatic rings. The summed E-state index contributed by atoms with van der Waals surface area (Å²) in [5, 5.41) is 13.3. The summed E-state index contributed by atoms with van der Waals surface area (Å²) in [7, 11) is 0. The van der Waals surface area contributed by atoms with Crippen LogP contribution in [0.4, 0.5) is 10.5 Å². The SMILES string of the molecule is CC(=N[C@H](C(=O)O)[C@H](CC(=O)N1C(=O)OC[C@@H]1c1ccccc1)c1ccc(Br)cc1)c1ccccc1NC(=O)c1ccccn1. The molecule has 1 aromatic heterocycles. The van der Waals surface area contributed by atoms with Crippen molar-refractivity contribution in [1.29, 1.82) is 0 Å². The van der Waals surface area contributed by atoms with Crippen molar-refractivity contribution in [1.82, 2.24) is 9.88 Å². The summed E-state index contributed by atoms with van der Waals surface area (Å²) in [4.78, 5) is 62.0. The van der Waals surface area contributed by atoms with Gasteiger partial charge in [-0.2, -0.15) is 0 Å². The highest BCUT2D eigenvalue weighted by molar-refractivity contribution is 9.10. The summed E-state index contributed by atoms with van der Waals surface area (Å²) in [5.74, 6) is -3.22. The normalized spacial score (nSPS) is 16.0. The van der Waals surface area contributed by atoms with Crippen molar-refractivity contribution in [2.45, 2.75) is 31.3 Å². The molecule has 3 atom stereocenters. The van der Waals surface area contributed by atoms with E-state index in [1.54, 1.807) is 97.9 Å². The number of anilines is 1. The molecule has 0 radical (unpaired) electrons. The van der Waals surface area contributed by atoms with Crippen LogP contribution in [0.3, 0.4) is 0 Å². The number of aliphatic carboxylic acids is 1. The van der Waals surface area contributed by atoms with Crippen molar-refractivity contribution in [3.63, 3.8) is 0 Å². The molecule has 3 amide bonds. The van der Waals surface area contributed by atoms with Crippen molar-refractivity contribution in [3.05, 3.63) is 130 Å². The molecule has 10 nitrogen and oxygen atoms in total. The fraction of sp³-hybridized carbons (Fsp3) is 0.176. The highest BCUT2D eigenvalue weighted by Gasteiger charge is 2.41. The van der Waals surface area contributed by atoms with E-state index in [0.717, 1.165) is 14.9 Å². The molecule has 5 rings (SSSR count). The van der Waals surface area contributed by atoms with Gasteiger partial charge in [0, 0.05) is 34.3 Å². The lowest BCUT2D eigenvalue weighted by Crippen LogP contribution is -2.38. The Balaban J connectivity index is 1.48. The Labute approximate surface area is 267 Å². The van der Waals surface area contributed by atoms with Crippen LogP contribution in [0.25, 0.3) is 0 Å². The Morgan fingerprint density at radius 2 is 1.69 bits per heavy atom. The standard InChI is InChI=1S/C34H29BrN4O6/c1-21(25-11-5-6-12-27(25)38-32(41)28-13-7-8-18-36-28)37-31(33(42)43)26(22-14-16-24(35)17-15-22)19-30(40)39-29(20-45-34(39)44)23-9-3-2-4-10-23/h2-18,26,29,31H,19-20H2,1H3,(H,38,41)(H,42,43)/t26-,29-,31+/m1/s1. The zero-order valence-electron chi connectivity index (χ0n) is 24.2. The maximum absolute atomic E-state index is 13.8. The molecule has 11 heteroatoms. The average Bonchev–Trinajstić information content (AvgIpc) is 3.45. The van der Waals surface area contributed by atoms with Crippen LogP contribution in [0.2, 0.25) is 0 Å². The first-order valence-corrected chi connectivity index (χ1v) is 14.9. The van der Waals surface area contributed by atoms with Gasteiger partial charge in [0.1, 0.15) is 18.3 Å². The molecule has 45 heavy (non-hydrogen) atoms. The summed E-state index contributed by atoms with van der Waals surface area (Å²) in [6.45, 7) is 1.64. The van der Waals surface area contributed by atoms with E-state index < -0.39 is 41.9 Å². The lowest BCUT2D eigenvalue weighted by molar-refractivity contribution is -0.139. The number of carboxylic acid groups (broad SMARTS) is 1. The number of carboxylic acids is 1. The van der Waals surface area contributed by atoms with E-state index in [1.807, 2.05) is 6.07 Å². The first kappa shape index (κ1) is 31.3. The van der Waals surface area contributed by atoms with Gasteiger partial charge in [0.2, 0.25) is 5.91 Å². The van der Waals surface area contributed by atoms with Gasteiger partial charge >= 0.3 is 12.1 Å². The second-order valence-corrected chi connectivity index (χ2v) is 11.3. The molecule has 0 unspecified atom stereocenters. The van der Waals surface area contributed by atoms with Gasteiger partial charge < -0.3 is 15.2 Å². The zero-order chi connectivity index (χ0) is 31.9. The second kappa shape index (κ2) is 14.1. The predicted octanol–water partition coefficient (Wildman–Crippen LogP) is 6.25. The molecule has 0 spiro atoms. The lowest BCUT2D eigenvalue weighted by atomic mass is 9.87. The lowest BCUT2D eigenvalue weighted by Gasteiger charge is -2.26. The molecular weight excluding hydrogens is 640 g/mol. The number of cyclic esters (lactones) is 1. The number of halogens is 1. The van der Waals surface area contributed by atoms with Crippen molar-refractivity contribution < 1.29 is 29.0 Å². The minimum absolute atomic E-state index is 0.00182. The van der Waals surface area contributed by atoms with Crippen LogP contribution in [0.1, 0.15) is 52.5 Å². The van der Waals surface area contributed by atoms with Crippen LogP contribution in [0.5, 0.6) is 0 Å². The highest BCUT2D eigenvalue weighted by atomic mass is 79.9. The van der Waals surface area contributed by atoms with Crippen molar-refractivity contribution in [3.8, 4) is 0 Å². The van der Waals surface area contributed by atoms with Crippen molar-refractivity contribution in [2.24, 2.45) is 4.99 Å². The molecule has 0 bridgehead atoms. The fourth-order valence-electron chi connectivity index (χ4n) is 5.21. The number of carbonyl (C=O) groups is 4. The molecule has 3 aromatic carbocycles. The third-order valence-corrected chi connectivity index (χ3v) is 7.98. The van der Waals surface area contributed by atoms with Crippen LogP contribution >= 0.6 is 15.9 Å². The van der Waals surface area contributed by atoms with Crippen LogP contribution in [0.15, 0.2) is 113 Å². The summed E-state index contributed by atoms with van der Waals surface area (Å²) in [5.41, 5.74) is 2.74. The Bertz CT molecular complexity index is 1730. The van der Waals surface area contributed by atoms with E-state index in [2.05, 4.69) is 31.2 Å². The molecule has 4 aromatic rings. The minimum Gasteiger partial charge on any atom is -0.480 e. The largest absolute Gasteiger partial charge is 0.480 e. The number of hydrogen-bond acceptors (Lipinski definition) is 7. The van der Waals surface area contributed by atoms with E-state index in [-0.39, 0.29) is 18.7 Å². The fourth-order valence-corrected chi connectivity index (χ4v) is 5.48. The molecule has 1 saturated heterocycles.